The highest BCUT2D eigenvalue weighted by atomic mass is 79.9. The Morgan fingerprint density at radius 1 is 1.42 bits per heavy atom. The van der Waals surface area contributed by atoms with Crippen LogP contribution in [0.5, 0.6) is 0 Å². The zero-order valence-electron chi connectivity index (χ0n) is 6.37. The highest BCUT2D eigenvalue weighted by molar-refractivity contribution is 9.10. The summed E-state index contributed by atoms with van der Waals surface area (Å²) in [6.45, 7) is 0.873. The molecule has 1 aromatic rings. The molecule has 1 atom stereocenters. The summed E-state index contributed by atoms with van der Waals surface area (Å²) in [5.41, 5.74) is 1.13. The van der Waals surface area contributed by atoms with E-state index < -0.39 is 0 Å². The van der Waals surface area contributed by atoms with Gasteiger partial charge in [0.05, 0.1) is 12.6 Å². The van der Waals surface area contributed by atoms with Gasteiger partial charge in [0.25, 0.3) is 0 Å². The summed E-state index contributed by atoms with van der Waals surface area (Å²) < 4.78 is 1.07. The lowest BCUT2D eigenvalue weighted by atomic mass is 10.3. The van der Waals surface area contributed by atoms with Crippen LogP contribution in [0, 0.1) is 11.3 Å². The Kier molecular flexibility index (Phi) is 1.78. The molecule has 2 rings (SSSR count). The Hall–Kier alpha value is -1.01. The van der Waals surface area contributed by atoms with E-state index in [2.05, 4.69) is 26.9 Å². The first kappa shape index (κ1) is 7.63. The molecule has 0 aliphatic carbocycles. The predicted octanol–water partition coefficient (Wildman–Crippen LogP) is 2.16. The molecule has 3 heteroatoms. The summed E-state index contributed by atoms with van der Waals surface area (Å²) in [6, 6.07) is 10.3. The lowest BCUT2D eigenvalue weighted by molar-refractivity contribution is 1.26. The Labute approximate surface area is 79.5 Å². The molecule has 0 saturated carbocycles. The van der Waals surface area contributed by atoms with Crippen LogP contribution in [0.3, 0.4) is 0 Å². The number of benzene rings is 1. The fourth-order valence-corrected chi connectivity index (χ4v) is 1.43. The van der Waals surface area contributed by atoms with Crippen LogP contribution in [-0.4, -0.2) is 12.6 Å². The molecule has 0 aromatic heterocycles. The van der Waals surface area contributed by atoms with Gasteiger partial charge in [-0.25, -0.2) is 0 Å². The van der Waals surface area contributed by atoms with Crippen LogP contribution >= 0.6 is 15.9 Å². The Morgan fingerprint density at radius 2 is 2.08 bits per heavy atom. The summed E-state index contributed by atoms with van der Waals surface area (Å²) in [5.74, 6) is 0. The van der Waals surface area contributed by atoms with Crippen LogP contribution in [-0.2, 0) is 0 Å². The van der Waals surface area contributed by atoms with Gasteiger partial charge in [0.2, 0.25) is 0 Å². The molecule has 0 radical (unpaired) electrons. The minimum atomic E-state index is 0.103. The third-order valence-electron chi connectivity index (χ3n) is 1.92. The van der Waals surface area contributed by atoms with Crippen LogP contribution < -0.4 is 4.90 Å². The molecule has 60 valence electrons. The zero-order valence-corrected chi connectivity index (χ0v) is 7.95. The van der Waals surface area contributed by atoms with Crippen molar-refractivity contribution in [3.05, 3.63) is 28.7 Å². The van der Waals surface area contributed by atoms with Crippen LogP contribution in [0.25, 0.3) is 0 Å². The van der Waals surface area contributed by atoms with Crippen molar-refractivity contribution in [3.8, 4) is 6.07 Å². The van der Waals surface area contributed by atoms with Gasteiger partial charge in [0.1, 0.15) is 6.04 Å². The first-order chi connectivity index (χ1) is 5.81. The largest absolute Gasteiger partial charge is 0.351 e. The molecule has 2 nitrogen and oxygen atoms in total. The average Bonchev–Trinajstić information content (AvgIpc) is 2.85. The van der Waals surface area contributed by atoms with Gasteiger partial charge in [-0.1, -0.05) is 15.9 Å². The molecule has 0 amide bonds. The zero-order chi connectivity index (χ0) is 8.55. The Bertz CT molecular complexity index is 325. The van der Waals surface area contributed by atoms with E-state index in [1.165, 1.54) is 0 Å². The average molecular weight is 223 g/mol. The van der Waals surface area contributed by atoms with Crippen LogP contribution in [0.15, 0.2) is 28.7 Å². The van der Waals surface area contributed by atoms with Crippen molar-refractivity contribution < 1.29 is 0 Å². The number of nitriles is 1. The van der Waals surface area contributed by atoms with E-state index in [4.69, 9.17) is 5.26 Å². The van der Waals surface area contributed by atoms with E-state index in [-0.39, 0.29) is 6.04 Å². The minimum absolute atomic E-state index is 0.103. The van der Waals surface area contributed by atoms with Gasteiger partial charge in [-0.2, -0.15) is 5.26 Å². The highest BCUT2D eigenvalue weighted by Crippen LogP contribution is 2.27. The summed E-state index contributed by atoms with van der Waals surface area (Å²) in [5, 5.41) is 8.59. The van der Waals surface area contributed by atoms with E-state index in [9.17, 15) is 0 Å². The standard InChI is InChI=1S/C9H7BrN2/c10-7-1-3-8(4-2-7)12-6-9(12)5-11/h1-4,9H,6H2/t9-,12?/m0/s1. The maximum Gasteiger partial charge on any atom is 0.134 e. The molecule has 0 N–H and O–H groups in total. The molecular formula is C9H7BrN2. The summed E-state index contributed by atoms with van der Waals surface area (Å²) in [6.07, 6.45) is 0. The van der Waals surface area contributed by atoms with Crippen molar-refractivity contribution in [2.24, 2.45) is 0 Å². The smallest absolute Gasteiger partial charge is 0.134 e. The molecule has 12 heavy (non-hydrogen) atoms. The lowest BCUT2D eigenvalue weighted by Crippen LogP contribution is -1.95. The second-order valence-corrected chi connectivity index (χ2v) is 3.69. The molecule has 0 bridgehead atoms. The first-order valence-electron chi connectivity index (χ1n) is 3.73. The van der Waals surface area contributed by atoms with Crippen molar-refractivity contribution in [2.75, 3.05) is 11.4 Å². The number of anilines is 1. The molecule has 1 aliphatic rings. The monoisotopic (exact) mass is 222 g/mol. The van der Waals surface area contributed by atoms with Crippen molar-refractivity contribution in [2.45, 2.75) is 6.04 Å². The summed E-state index contributed by atoms with van der Waals surface area (Å²) in [4.78, 5) is 2.06. The molecule has 1 aromatic carbocycles. The van der Waals surface area contributed by atoms with Crippen LogP contribution in [0.4, 0.5) is 5.69 Å². The summed E-state index contributed by atoms with van der Waals surface area (Å²) >= 11 is 3.36. The third kappa shape index (κ3) is 1.30. The molecule has 1 heterocycles. The SMILES string of the molecule is N#C[C@H]1CN1c1ccc(Br)cc1. The van der Waals surface area contributed by atoms with Crippen molar-refractivity contribution in [1.82, 2.24) is 0 Å². The van der Waals surface area contributed by atoms with Gasteiger partial charge in [-0.05, 0) is 24.3 Å². The van der Waals surface area contributed by atoms with Gasteiger partial charge < -0.3 is 4.90 Å². The second kappa shape index (κ2) is 2.80. The van der Waals surface area contributed by atoms with Crippen molar-refractivity contribution in [1.29, 1.82) is 5.26 Å². The van der Waals surface area contributed by atoms with Crippen molar-refractivity contribution in [3.63, 3.8) is 0 Å². The van der Waals surface area contributed by atoms with Crippen molar-refractivity contribution >= 4 is 21.6 Å². The fourth-order valence-electron chi connectivity index (χ4n) is 1.17. The first-order valence-corrected chi connectivity index (χ1v) is 4.52. The topological polar surface area (TPSA) is 26.8 Å². The highest BCUT2D eigenvalue weighted by Gasteiger charge is 2.33. The van der Waals surface area contributed by atoms with E-state index in [0.29, 0.717) is 0 Å². The molecule has 1 fully saturated rings. The van der Waals surface area contributed by atoms with Gasteiger partial charge in [-0.3, -0.25) is 0 Å². The summed E-state index contributed by atoms with van der Waals surface area (Å²) in [7, 11) is 0. The van der Waals surface area contributed by atoms with Gasteiger partial charge in [-0.15, -0.1) is 0 Å². The van der Waals surface area contributed by atoms with Gasteiger partial charge in [0, 0.05) is 10.2 Å². The number of hydrogen-bond acceptors (Lipinski definition) is 2. The Morgan fingerprint density at radius 3 is 2.58 bits per heavy atom. The quantitative estimate of drug-likeness (QED) is 0.682. The lowest BCUT2D eigenvalue weighted by Gasteiger charge is -2.01. The fraction of sp³-hybridized carbons (Fsp3) is 0.222. The van der Waals surface area contributed by atoms with Gasteiger partial charge >= 0.3 is 0 Å². The second-order valence-electron chi connectivity index (χ2n) is 2.77. The number of rotatable bonds is 1. The molecule has 0 unspecified atom stereocenters. The Balaban J connectivity index is 2.17. The predicted molar refractivity (Wildman–Crippen MR) is 50.9 cm³/mol. The van der Waals surface area contributed by atoms with E-state index in [1.54, 1.807) is 0 Å². The van der Waals surface area contributed by atoms with Crippen LogP contribution in [0.1, 0.15) is 0 Å². The van der Waals surface area contributed by atoms with Crippen LogP contribution in [0.2, 0.25) is 0 Å². The molecular weight excluding hydrogens is 216 g/mol. The minimum Gasteiger partial charge on any atom is -0.351 e. The molecule has 1 saturated heterocycles. The van der Waals surface area contributed by atoms with E-state index >= 15 is 0 Å². The van der Waals surface area contributed by atoms with E-state index in [0.717, 1.165) is 16.7 Å². The van der Waals surface area contributed by atoms with E-state index in [1.807, 2.05) is 24.3 Å². The maximum absolute atomic E-state index is 8.59. The molecule has 0 spiro atoms. The molecule has 1 aliphatic heterocycles. The number of hydrogen-bond donors (Lipinski definition) is 0. The maximum atomic E-state index is 8.59. The third-order valence-corrected chi connectivity index (χ3v) is 2.45. The van der Waals surface area contributed by atoms with Gasteiger partial charge in [0.15, 0.2) is 0 Å². The normalized spacial score (nSPS) is 20.3. The number of nitrogens with zero attached hydrogens (tertiary/aromatic N) is 2. The number of halogens is 1.